The number of imide groups is 1. The predicted molar refractivity (Wildman–Crippen MR) is 51.1 cm³/mol. The minimum absolute atomic E-state index is 0.310. The lowest BCUT2D eigenvalue weighted by molar-refractivity contribution is -0.115. The molecule has 0 unspecified atom stereocenters. The summed E-state index contributed by atoms with van der Waals surface area (Å²) in [6.07, 6.45) is 1.88. The first-order chi connectivity index (χ1) is 6.57. The van der Waals surface area contributed by atoms with Gasteiger partial charge in [0.1, 0.15) is 5.69 Å². The number of aromatic nitrogens is 2. The second-order valence-corrected chi connectivity index (χ2v) is 3.02. The second-order valence-electron chi connectivity index (χ2n) is 3.02. The van der Waals surface area contributed by atoms with Crippen molar-refractivity contribution in [2.75, 3.05) is 26.0 Å². The van der Waals surface area contributed by atoms with Gasteiger partial charge < -0.3 is 9.88 Å². The Morgan fingerprint density at radius 2 is 2.14 bits per heavy atom. The van der Waals surface area contributed by atoms with E-state index >= 15 is 0 Å². The van der Waals surface area contributed by atoms with Gasteiger partial charge in [0.15, 0.2) is 5.82 Å². The first-order valence-corrected chi connectivity index (χ1v) is 4.01. The fourth-order valence-corrected chi connectivity index (χ4v) is 1.01. The second kappa shape index (κ2) is 3.91. The molecule has 0 aliphatic rings. The normalized spacial score (nSPS) is 9.64. The minimum Gasteiger partial charge on any atom is -0.361 e. The molecule has 1 aromatic heterocycles. The van der Waals surface area contributed by atoms with E-state index in [0.717, 1.165) is 4.90 Å². The Morgan fingerprint density at radius 1 is 1.50 bits per heavy atom. The highest BCUT2D eigenvalue weighted by atomic mass is 16.2. The third-order valence-corrected chi connectivity index (χ3v) is 1.74. The Bertz CT molecular complexity index is 345. The average molecular weight is 196 g/mol. The molecule has 0 atom stereocenters. The number of hydrogen-bond acceptors (Lipinski definition) is 4. The van der Waals surface area contributed by atoms with Crippen LogP contribution < -0.4 is 4.90 Å². The molecule has 0 spiro atoms. The van der Waals surface area contributed by atoms with Gasteiger partial charge in [-0.2, -0.15) is 0 Å². The number of amides is 2. The average Bonchev–Trinajstić information content (AvgIpc) is 2.63. The third kappa shape index (κ3) is 1.73. The highest BCUT2D eigenvalue weighted by Gasteiger charge is 2.18. The summed E-state index contributed by atoms with van der Waals surface area (Å²) in [7, 11) is 4.94. The van der Waals surface area contributed by atoms with Crippen LogP contribution in [0.5, 0.6) is 0 Å². The van der Waals surface area contributed by atoms with E-state index in [2.05, 4.69) is 9.97 Å². The molecule has 1 heterocycles. The van der Waals surface area contributed by atoms with Gasteiger partial charge in [-0.1, -0.05) is 0 Å². The van der Waals surface area contributed by atoms with E-state index < -0.39 is 5.91 Å². The molecule has 6 heteroatoms. The van der Waals surface area contributed by atoms with Gasteiger partial charge in [0.05, 0.1) is 6.33 Å². The molecule has 0 saturated heterocycles. The summed E-state index contributed by atoms with van der Waals surface area (Å²) >= 11 is 0. The Balaban J connectivity index is 3.01. The fraction of sp³-hybridized carbons (Fsp3) is 0.375. The highest BCUT2D eigenvalue weighted by Crippen LogP contribution is 2.13. The number of carbonyl (C=O) groups excluding carboxylic acids is 2. The van der Waals surface area contributed by atoms with E-state index in [1.165, 1.54) is 13.4 Å². The van der Waals surface area contributed by atoms with Crippen LogP contribution in [0.15, 0.2) is 6.33 Å². The number of anilines is 1. The molecule has 6 nitrogen and oxygen atoms in total. The molecule has 2 amide bonds. The molecule has 1 N–H and O–H groups in total. The zero-order valence-electron chi connectivity index (χ0n) is 8.31. The van der Waals surface area contributed by atoms with Crippen molar-refractivity contribution in [3.63, 3.8) is 0 Å². The first-order valence-electron chi connectivity index (χ1n) is 4.01. The number of carbonyl (C=O) groups is 2. The van der Waals surface area contributed by atoms with Crippen molar-refractivity contribution in [3.8, 4) is 0 Å². The van der Waals surface area contributed by atoms with Crippen molar-refractivity contribution in [2.24, 2.45) is 0 Å². The quantitative estimate of drug-likeness (QED) is 0.674. The number of H-pyrrole nitrogens is 1. The van der Waals surface area contributed by atoms with Crippen LogP contribution in [0.4, 0.5) is 5.82 Å². The zero-order valence-corrected chi connectivity index (χ0v) is 8.31. The summed E-state index contributed by atoms with van der Waals surface area (Å²) in [5.74, 6) is 0.116. The Morgan fingerprint density at radius 3 is 2.64 bits per heavy atom. The molecule has 0 aliphatic carbocycles. The van der Waals surface area contributed by atoms with Gasteiger partial charge in [-0.05, 0) is 0 Å². The molecule has 0 aromatic carbocycles. The van der Waals surface area contributed by atoms with E-state index in [9.17, 15) is 9.59 Å². The summed E-state index contributed by atoms with van der Waals surface area (Å²) in [6, 6.07) is 0. The van der Waals surface area contributed by atoms with E-state index in [1.54, 1.807) is 19.0 Å². The van der Waals surface area contributed by atoms with Crippen molar-refractivity contribution in [1.82, 2.24) is 14.9 Å². The molecular weight excluding hydrogens is 184 g/mol. The first kappa shape index (κ1) is 10.2. The molecule has 0 fully saturated rings. The van der Waals surface area contributed by atoms with Crippen LogP contribution in [0, 0.1) is 0 Å². The number of nitrogens with zero attached hydrogens (tertiary/aromatic N) is 3. The van der Waals surface area contributed by atoms with Crippen LogP contribution >= 0.6 is 0 Å². The summed E-state index contributed by atoms with van der Waals surface area (Å²) in [5.41, 5.74) is 0.310. The van der Waals surface area contributed by atoms with E-state index in [1.807, 2.05) is 0 Å². The number of rotatable bonds is 3. The maximum absolute atomic E-state index is 11.6. The highest BCUT2D eigenvalue weighted by molar-refractivity contribution is 6.01. The van der Waals surface area contributed by atoms with Gasteiger partial charge in [0.25, 0.3) is 5.91 Å². The van der Waals surface area contributed by atoms with Crippen LogP contribution in [0.1, 0.15) is 10.5 Å². The number of nitrogens with one attached hydrogen (secondary N) is 1. The largest absolute Gasteiger partial charge is 0.361 e. The third-order valence-electron chi connectivity index (χ3n) is 1.74. The van der Waals surface area contributed by atoms with Gasteiger partial charge in [0.2, 0.25) is 6.41 Å². The van der Waals surface area contributed by atoms with Gasteiger partial charge in [-0.3, -0.25) is 14.5 Å². The van der Waals surface area contributed by atoms with Crippen LogP contribution in [0.2, 0.25) is 0 Å². The minimum atomic E-state index is -0.402. The molecule has 0 saturated carbocycles. The van der Waals surface area contributed by atoms with Crippen molar-refractivity contribution in [3.05, 3.63) is 12.0 Å². The summed E-state index contributed by atoms with van der Waals surface area (Å²) < 4.78 is 0. The van der Waals surface area contributed by atoms with Gasteiger partial charge >= 0.3 is 0 Å². The van der Waals surface area contributed by atoms with Crippen LogP contribution in [-0.2, 0) is 4.79 Å². The number of aromatic amines is 1. The van der Waals surface area contributed by atoms with E-state index in [4.69, 9.17) is 0 Å². The summed E-state index contributed by atoms with van der Waals surface area (Å²) in [4.78, 5) is 31.3. The van der Waals surface area contributed by atoms with Crippen LogP contribution in [-0.4, -0.2) is 48.3 Å². The Kier molecular flexibility index (Phi) is 2.85. The SMILES string of the molecule is CN(C=O)C(=O)c1[nH]cnc1N(C)C. The standard InChI is InChI=1S/C8H12N4O2/c1-11(2)7-6(9-4-10-7)8(14)12(3)5-13/h4-5H,1-3H3,(H,9,10). The molecule has 0 bridgehead atoms. The Hall–Kier alpha value is -1.85. The van der Waals surface area contributed by atoms with Crippen LogP contribution in [0.3, 0.4) is 0 Å². The molecule has 0 radical (unpaired) electrons. The molecular formula is C8H12N4O2. The van der Waals surface area contributed by atoms with Crippen molar-refractivity contribution in [2.45, 2.75) is 0 Å². The molecule has 1 rings (SSSR count). The van der Waals surface area contributed by atoms with Crippen molar-refractivity contribution >= 4 is 18.1 Å². The summed E-state index contributed by atoms with van der Waals surface area (Å²) in [5, 5.41) is 0. The maximum atomic E-state index is 11.6. The van der Waals surface area contributed by atoms with E-state index in [-0.39, 0.29) is 0 Å². The van der Waals surface area contributed by atoms with Gasteiger partial charge in [-0.25, -0.2) is 4.98 Å². The predicted octanol–water partition coefficient (Wildman–Crippen LogP) is -0.296. The lowest BCUT2D eigenvalue weighted by atomic mass is 10.3. The van der Waals surface area contributed by atoms with Crippen molar-refractivity contribution in [1.29, 1.82) is 0 Å². The number of imidazole rings is 1. The van der Waals surface area contributed by atoms with Gasteiger partial charge in [-0.15, -0.1) is 0 Å². The zero-order chi connectivity index (χ0) is 10.7. The molecule has 0 aliphatic heterocycles. The molecule has 14 heavy (non-hydrogen) atoms. The summed E-state index contributed by atoms with van der Waals surface area (Å²) in [6.45, 7) is 0. The molecule has 1 aromatic rings. The van der Waals surface area contributed by atoms with Crippen molar-refractivity contribution < 1.29 is 9.59 Å². The number of hydrogen-bond donors (Lipinski definition) is 1. The van der Waals surface area contributed by atoms with Gasteiger partial charge in [0, 0.05) is 21.1 Å². The monoisotopic (exact) mass is 196 g/mol. The fourth-order valence-electron chi connectivity index (χ4n) is 1.01. The Labute approximate surface area is 81.5 Å². The lowest BCUT2D eigenvalue weighted by Gasteiger charge is -2.12. The maximum Gasteiger partial charge on any atom is 0.280 e. The van der Waals surface area contributed by atoms with Crippen LogP contribution in [0.25, 0.3) is 0 Å². The molecule has 76 valence electrons. The lowest BCUT2D eigenvalue weighted by Crippen LogP contribution is -2.27. The smallest absolute Gasteiger partial charge is 0.280 e. The van der Waals surface area contributed by atoms with E-state index in [0.29, 0.717) is 17.9 Å². The topological polar surface area (TPSA) is 69.3 Å².